The van der Waals surface area contributed by atoms with Gasteiger partial charge in [0.1, 0.15) is 0 Å². The molecule has 0 aromatic heterocycles. The summed E-state index contributed by atoms with van der Waals surface area (Å²) in [4.78, 5) is 2.38. The highest BCUT2D eigenvalue weighted by Crippen LogP contribution is 2.16. The molecule has 1 heterocycles. The molecule has 2 nitrogen and oxygen atoms in total. The van der Waals surface area contributed by atoms with Crippen LogP contribution < -0.4 is 5.73 Å². The number of rotatable bonds is 2. The Hall–Kier alpha value is -0.0800. The lowest BCUT2D eigenvalue weighted by molar-refractivity contribution is 0.389. The molecule has 0 radical (unpaired) electrons. The average molecular weight is 128 g/mol. The van der Waals surface area contributed by atoms with Crippen LogP contribution in [0.15, 0.2) is 0 Å². The van der Waals surface area contributed by atoms with Gasteiger partial charge in [0.2, 0.25) is 0 Å². The molecule has 0 aromatic carbocycles. The fourth-order valence-electron chi connectivity index (χ4n) is 1.50. The Morgan fingerprint density at radius 3 is 2.89 bits per heavy atom. The molecule has 0 spiro atoms. The number of hydrogen-bond acceptors (Lipinski definition) is 2. The molecule has 1 fully saturated rings. The van der Waals surface area contributed by atoms with E-state index in [4.69, 9.17) is 5.73 Å². The predicted octanol–water partition coefficient (Wildman–Crippen LogP) is 0.287. The van der Waals surface area contributed by atoms with Gasteiger partial charge >= 0.3 is 0 Å². The highest BCUT2D eigenvalue weighted by molar-refractivity contribution is 4.72. The number of hydrogen-bond donors (Lipinski definition) is 1. The monoisotopic (exact) mass is 128 g/mol. The fraction of sp³-hybridized carbons (Fsp3) is 1.00. The van der Waals surface area contributed by atoms with Crippen molar-refractivity contribution in [2.45, 2.75) is 12.8 Å². The first-order valence-corrected chi connectivity index (χ1v) is 3.71. The molecule has 54 valence electrons. The first kappa shape index (κ1) is 7.03. The van der Waals surface area contributed by atoms with Gasteiger partial charge in [0.05, 0.1) is 0 Å². The summed E-state index contributed by atoms with van der Waals surface area (Å²) in [6, 6.07) is 0. The standard InChI is InChI=1S/C7H16N2/c1-9-5-3-7(6-9)2-4-8/h7H,2-6,8H2,1H3/t7-/m0/s1. The summed E-state index contributed by atoms with van der Waals surface area (Å²) >= 11 is 0. The third-order valence-corrected chi connectivity index (χ3v) is 2.06. The molecule has 0 unspecified atom stereocenters. The van der Waals surface area contributed by atoms with Crippen molar-refractivity contribution in [2.24, 2.45) is 11.7 Å². The lowest BCUT2D eigenvalue weighted by Crippen LogP contribution is -2.15. The van der Waals surface area contributed by atoms with Crippen molar-refractivity contribution in [2.75, 3.05) is 26.7 Å². The van der Waals surface area contributed by atoms with E-state index in [0.717, 1.165) is 12.5 Å². The Morgan fingerprint density at radius 2 is 2.44 bits per heavy atom. The van der Waals surface area contributed by atoms with Crippen molar-refractivity contribution in [3.63, 3.8) is 0 Å². The van der Waals surface area contributed by atoms with E-state index in [1.165, 1.54) is 25.9 Å². The van der Waals surface area contributed by atoms with Crippen LogP contribution in [-0.2, 0) is 0 Å². The molecule has 2 heteroatoms. The van der Waals surface area contributed by atoms with Gasteiger partial charge in [-0.3, -0.25) is 0 Å². The van der Waals surface area contributed by atoms with Gasteiger partial charge in [0, 0.05) is 6.54 Å². The van der Waals surface area contributed by atoms with Crippen LogP contribution in [0.3, 0.4) is 0 Å². The Morgan fingerprint density at radius 1 is 1.67 bits per heavy atom. The van der Waals surface area contributed by atoms with Gasteiger partial charge in [-0.05, 0) is 38.9 Å². The molecule has 1 atom stereocenters. The fourth-order valence-corrected chi connectivity index (χ4v) is 1.50. The maximum absolute atomic E-state index is 5.44. The van der Waals surface area contributed by atoms with E-state index in [1.54, 1.807) is 0 Å². The maximum atomic E-state index is 5.44. The Kier molecular flexibility index (Phi) is 2.49. The molecule has 1 saturated heterocycles. The molecule has 0 bridgehead atoms. The molecule has 0 aliphatic carbocycles. The molecular weight excluding hydrogens is 112 g/mol. The van der Waals surface area contributed by atoms with Crippen LogP contribution in [0.4, 0.5) is 0 Å². The molecule has 2 N–H and O–H groups in total. The van der Waals surface area contributed by atoms with Crippen LogP contribution in [0.2, 0.25) is 0 Å². The number of nitrogens with two attached hydrogens (primary N) is 1. The minimum Gasteiger partial charge on any atom is -0.330 e. The first-order chi connectivity index (χ1) is 4.33. The average Bonchev–Trinajstić information content (AvgIpc) is 2.17. The van der Waals surface area contributed by atoms with Crippen LogP contribution in [0.1, 0.15) is 12.8 Å². The van der Waals surface area contributed by atoms with E-state index in [1.807, 2.05) is 0 Å². The van der Waals surface area contributed by atoms with E-state index in [-0.39, 0.29) is 0 Å². The van der Waals surface area contributed by atoms with E-state index >= 15 is 0 Å². The van der Waals surface area contributed by atoms with Gasteiger partial charge in [-0.2, -0.15) is 0 Å². The normalized spacial score (nSPS) is 29.3. The lowest BCUT2D eigenvalue weighted by atomic mass is 10.1. The molecule has 1 rings (SSSR count). The van der Waals surface area contributed by atoms with E-state index < -0.39 is 0 Å². The van der Waals surface area contributed by atoms with Gasteiger partial charge in [-0.25, -0.2) is 0 Å². The van der Waals surface area contributed by atoms with Gasteiger partial charge < -0.3 is 10.6 Å². The molecule has 9 heavy (non-hydrogen) atoms. The zero-order chi connectivity index (χ0) is 6.69. The first-order valence-electron chi connectivity index (χ1n) is 3.71. The van der Waals surface area contributed by atoms with Gasteiger partial charge in [0.25, 0.3) is 0 Å². The van der Waals surface area contributed by atoms with Gasteiger partial charge in [-0.1, -0.05) is 0 Å². The lowest BCUT2D eigenvalue weighted by Gasteiger charge is -2.07. The van der Waals surface area contributed by atoms with Crippen molar-refractivity contribution < 1.29 is 0 Å². The van der Waals surface area contributed by atoms with Gasteiger partial charge in [-0.15, -0.1) is 0 Å². The van der Waals surface area contributed by atoms with Crippen LogP contribution in [-0.4, -0.2) is 31.6 Å². The SMILES string of the molecule is CN1CC[C@H](CCN)C1. The van der Waals surface area contributed by atoms with Crippen molar-refractivity contribution in [3.8, 4) is 0 Å². The highest BCUT2D eigenvalue weighted by Gasteiger charge is 2.17. The Labute approximate surface area is 57.0 Å². The number of nitrogens with zero attached hydrogens (tertiary/aromatic N) is 1. The third kappa shape index (κ3) is 1.95. The Balaban J connectivity index is 2.14. The molecule has 1 aliphatic rings. The zero-order valence-corrected chi connectivity index (χ0v) is 6.14. The van der Waals surface area contributed by atoms with Crippen LogP contribution in [0.25, 0.3) is 0 Å². The summed E-state index contributed by atoms with van der Waals surface area (Å²) in [5.41, 5.74) is 5.44. The molecule has 0 aromatic rings. The summed E-state index contributed by atoms with van der Waals surface area (Å²) < 4.78 is 0. The Bertz CT molecular complexity index is 81.0. The molecular formula is C7H16N2. The summed E-state index contributed by atoms with van der Waals surface area (Å²) in [5.74, 6) is 0.889. The minimum atomic E-state index is 0.860. The van der Waals surface area contributed by atoms with Crippen molar-refractivity contribution >= 4 is 0 Å². The predicted molar refractivity (Wildman–Crippen MR) is 39.3 cm³/mol. The van der Waals surface area contributed by atoms with Gasteiger partial charge in [0.15, 0.2) is 0 Å². The summed E-state index contributed by atoms with van der Waals surface area (Å²) in [7, 11) is 2.18. The topological polar surface area (TPSA) is 29.3 Å². The second-order valence-electron chi connectivity index (χ2n) is 2.99. The third-order valence-electron chi connectivity index (χ3n) is 2.06. The van der Waals surface area contributed by atoms with E-state index in [9.17, 15) is 0 Å². The quantitative estimate of drug-likeness (QED) is 0.579. The maximum Gasteiger partial charge on any atom is 0.000756 e. The summed E-state index contributed by atoms with van der Waals surface area (Å²) in [6.07, 6.45) is 2.57. The van der Waals surface area contributed by atoms with Crippen LogP contribution >= 0.6 is 0 Å². The molecule has 1 aliphatic heterocycles. The largest absolute Gasteiger partial charge is 0.330 e. The van der Waals surface area contributed by atoms with Crippen molar-refractivity contribution in [1.82, 2.24) is 4.90 Å². The zero-order valence-electron chi connectivity index (χ0n) is 6.14. The minimum absolute atomic E-state index is 0.860. The highest BCUT2D eigenvalue weighted by atomic mass is 15.1. The van der Waals surface area contributed by atoms with E-state index in [2.05, 4.69) is 11.9 Å². The second kappa shape index (κ2) is 3.18. The van der Waals surface area contributed by atoms with Crippen molar-refractivity contribution in [3.05, 3.63) is 0 Å². The molecule has 0 amide bonds. The van der Waals surface area contributed by atoms with E-state index in [0.29, 0.717) is 0 Å². The van der Waals surface area contributed by atoms with Crippen LogP contribution in [0.5, 0.6) is 0 Å². The smallest absolute Gasteiger partial charge is 0.000756 e. The summed E-state index contributed by atoms with van der Waals surface area (Å²) in [6.45, 7) is 3.39. The van der Waals surface area contributed by atoms with Crippen molar-refractivity contribution in [1.29, 1.82) is 0 Å². The van der Waals surface area contributed by atoms with Crippen LogP contribution in [0, 0.1) is 5.92 Å². The second-order valence-corrected chi connectivity index (χ2v) is 2.99. The number of likely N-dealkylation sites (tertiary alicyclic amines) is 1. The summed E-state index contributed by atoms with van der Waals surface area (Å²) in [5, 5.41) is 0. The molecule has 0 saturated carbocycles.